The summed E-state index contributed by atoms with van der Waals surface area (Å²) in [4.78, 5) is 0. The first-order valence-electron chi connectivity index (χ1n) is 7.65. The molecule has 8 heteroatoms. The molecule has 0 saturated carbocycles. The first kappa shape index (κ1) is 20.2. The summed E-state index contributed by atoms with van der Waals surface area (Å²) in [5, 5.41) is 20.5. The van der Waals surface area contributed by atoms with Crippen molar-refractivity contribution in [2.75, 3.05) is 42.8 Å². The van der Waals surface area contributed by atoms with Gasteiger partial charge in [-0.25, -0.2) is 0 Å². The van der Waals surface area contributed by atoms with Crippen molar-refractivity contribution in [1.82, 2.24) is 0 Å². The molecule has 0 aliphatic rings. The summed E-state index contributed by atoms with van der Waals surface area (Å²) >= 11 is 0. The Hall–Kier alpha value is -2.84. The van der Waals surface area contributed by atoms with Gasteiger partial charge in [-0.3, -0.25) is 0 Å². The van der Waals surface area contributed by atoms with Crippen LogP contribution in [0.1, 0.15) is 6.92 Å². The average Bonchev–Trinajstić information content (AvgIpc) is 2.56. The molecule has 9 N–H and O–H groups in total. The molecule has 138 valence electrons. The minimum atomic E-state index is -0.865. The van der Waals surface area contributed by atoms with Crippen LogP contribution in [0.25, 0.3) is 0 Å². The minimum Gasteiger partial charge on any atom is -0.495 e. The van der Waals surface area contributed by atoms with Crippen LogP contribution in [0, 0.1) is 0 Å². The predicted octanol–water partition coefficient (Wildman–Crippen LogP) is 1.25. The molecular weight excluding hydrogens is 324 g/mol. The van der Waals surface area contributed by atoms with Crippen molar-refractivity contribution in [3.63, 3.8) is 0 Å². The van der Waals surface area contributed by atoms with E-state index in [1.807, 2.05) is 6.07 Å². The number of aliphatic hydroxyl groups excluding tert-OH is 2. The summed E-state index contributed by atoms with van der Waals surface area (Å²) < 4.78 is 9.98. The van der Waals surface area contributed by atoms with Crippen molar-refractivity contribution in [3.8, 4) is 11.5 Å². The zero-order valence-corrected chi connectivity index (χ0v) is 14.4. The van der Waals surface area contributed by atoms with Crippen LogP contribution in [-0.2, 0) is 0 Å². The maximum Gasteiger partial charge on any atom is 0.194 e. The van der Waals surface area contributed by atoms with Crippen molar-refractivity contribution in [2.45, 2.75) is 13.2 Å². The molecule has 2 rings (SSSR count). The lowest BCUT2D eigenvalue weighted by Crippen LogP contribution is -2.10. The van der Waals surface area contributed by atoms with Crippen LogP contribution < -0.4 is 32.0 Å². The lowest BCUT2D eigenvalue weighted by Gasteiger charge is -2.10. The Morgan fingerprint density at radius 2 is 1.68 bits per heavy atom. The van der Waals surface area contributed by atoms with Crippen molar-refractivity contribution in [2.24, 2.45) is 0 Å². The first-order valence-corrected chi connectivity index (χ1v) is 7.65. The number of benzene rings is 2. The summed E-state index contributed by atoms with van der Waals surface area (Å²) in [7, 11) is 1.58. The monoisotopic (exact) mass is 350 g/mol. The molecular formula is C17H26N4O4. The smallest absolute Gasteiger partial charge is 0.194 e. The molecule has 25 heavy (non-hydrogen) atoms. The van der Waals surface area contributed by atoms with E-state index in [1.165, 1.54) is 6.92 Å². The van der Waals surface area contributed by atoms with Crippen LogP contribution in [0.5, 0.6) is 11.5 Å². The Morgan fingerprint density at radius 3 is 2.20 bits per heavy atom. The highest BCUT2D eigenvalue weighted by molar-refractivity contribution is 5.62. The Bertz CT molecular complexity index is 665. The Morgan fingerprint density at radius 1 is 1.04 bits per heavy atom. The van der Waals surface area contributed by atoms with Crippen LogP contribution in [0.15, 0.2) is 36.4 Å². The average molecular weight is 350 g/mol. The molecule has 1 unspecified atom stereocenters. The molecule has 1 atom stereocenters. The van der Waals surface area contributed by atoms with Gasteiger partial charge in [0.25, 0.3) is 0 Å². The lowest BCUT2D eigenvalue weighted by molar-refractivity contribution is 0.000281. The fourth-order valence-corrected chi connectivity index (χ4v) is 1.90. The van der Waals surface area contributed by atoms with Crippen LogP contribution >= 0.6 is 0 Å². The number of hydrogen-bond acceptors (Lipinski definition) is 8. The number of hydrogen-bond donors (Lipinski definition) is 6. The SMILES string of the molecule is CC(O)Oc1ccc(N)cc1N.COc1ccc(NCCO)cc1N. The quantitative estimate of drug-likeness (QED) is 0.337. The Kier molecular flexibility index (Phi) is 8.17. The summed E-state index contributed by atoms with van der Waals surface area (Å²) in [6, 6.07) is 10.3. The summed E-state index contributed by atoms with van der Waals surface area (Å²) in [5.41, 5.74) is 19.2. The van der Waals surface area contributed by atoms with Crippen LogP contribution in [0.3, 0.4) is 0 Å². The minimum absolute atomic E-state index is 0.103. The van der Waals surface area contributed by atoms with E-state index in [0.29, 0.717) is 35.1 Å². The van der Waals surface area contributed by atoms with Gasteiger partial charge in [0.2, 0.25) is 0 Å². The molecule has 0 aliphatic heterocycles. The molecule has 2 aromatic carbocycles. The molecule has 0 radical (unpaired) electrons. The van der Waals surface area contributed by atoms with Crippen LogP contribution in [0.2, 0.25) is 0 Å². The lowest BCUT2D eigenvalue weighted by atomic mass is 10.2. The number of rotatable bonds is 6. The number of nitrogens with one attached hydrogen (secondary N) is 1. The summed E-state index contributed by atoms with van der Waals surface area (Å²) in [6.07, 6.45) is -0.865. The number of anilines is 4. The van der Waals surface area contributed by atoms with Gasteiger partial charge in [-0.1, -0.05) is 0 Å². The maximum atomic E-state index is 8.89. The second kappa shape index (κ2) is 10.1. The highest BCUT2D eigenvalue weighted by Crippen LogP contribution is 2.24. The van der Waals surface area contributed by atoms with E-state index in [2.05, 4.69) is 5.32 Å². The molecule has 2 aromatic rings. The molecule has 0 spiro atoms. The second-order valence-electron chi connectivity index (χ2n) is 5.12. The fraction of sp³-hybridized carbons (Fsp3) is 0.294. The van der Waals surface area contributed by atoms with Gasteiger partial charge in [-0.05, 0) is 43.3 Å². The van der Waals surface area contributed by atoms with E-state index >= 15 is 0 Å². The van der Waals surface area contributed by atoms with Crippen molar-refractivity contribution in [3.05, 3.63) is 36.4 Å². The normalized spacial score (nSPS) is 11.0. The third-order valence-electron chi connectivity index (χ3n) is 3.00. The van der Waals surface area contributed by atoms with Gasteiger partial charge in [0.05, 0.1) is 25.1 Å². The van der Waals surface area contributed by atoms with Gasteiger partial charge in [-0.2, -0.15) is 0 Å². The Labute approximate surface area is 147 Å². The number of methoxy groups -OCH3 is 1. The van der Waals surface area contributed by atoms with E-state index in [0.717, 1.165) is 5.69 Å². The van der Waals surface area contributed by atoms with Gasteiger partial charge in [-0.15, -0.1) is 0 Å². The second-order valence-corrected chi connectivity index (χ2v) is 5.12. The standard InChI is InChI=1S/C9H14N2O2.C8H12N2O2/c1-13-9-3-2-7(6-8(9)10)11-4-5-12;1-5(11)12-8-3-2-6(9)4-7(8)10/h2-3,6,11-12H,4-5,10H2,1H3;2-5,11H,9-10H2,1H3. The molecule has 0 heterocycles. The van der Waals surface area contributed by atoms with Crippen LogP contribution in [-0.4, -0.2) is 36.8 Å². The molecule has 0 aromatic heterocycles. The molecule has 0 saturated heterocycles. The predicted molar refractivity (Wildman–Crippen MR) is 101 cm³/mol. The molecule has 8 nitrogen and oxygen atoms in total. The highest BCUT2D eigenvalue weighted by Gasteiger charge is 2.02. The van der Waals surface area contributed by atoms with Gasteiger partial charge >= 0.3 is 0 Å². The summed E-state index contributed by atoms with van der Waals surface area (Å²) in [5.74, 6) is 1.11. The van der Waals surface area contributed by atoms with E-state index < -0.39 is 6.29 Å². The molecule has 0 aliphatic carbocycles. The van der Waals surface area contributed by atoms with E-state index in [1.54, 1.807) is 37.4 Å². The molecule has 0 amide bonds. The Balaban J connectivity index is 0.000000251. The molecule has 0 fully saturated rings. The number of ether oxygens (including phenoxy) is 2. The number of nitrogens with two attached hydrogens (primary N) is 3. The highest BCUT2D eigenvalue weighted by atomic mass is 16.6. The van der Waals surface area contributed by atoms with Gasteiger partial charge in [0.1, 0.15) is 11.5 Å². The zero-order valence-electron chi connectivity index (χ0n) is 14.4. The van der Waals surface area contributed by atoms with Crippen LogP contribution in [0.4, 0.5) is 22.7 Å². The summed E-state index contributed by atoms with van der Waals surface area (Å²) in [6.45, 7) is 2.13. The topological polar surface area (TPSA) is 149 Å². The van der Waals surface area contributed by atoms with Crippen molar-refractivity contribution < 1.29 is 19.7 Å². The number of aliphatic hydroxyl groups is 2. The van der Waals surface area contributed by atoms with Gasteiger partial charge in [0, 0.05) is 17.9 Å². The van der Waals surface area contributed by atoms with Crippen molar-refractivity contribution in [1.29, 1.82) is 0 Å². The number of nitrogen functional groups attached to an aromatic ring is 3. The van der Waals surface area contributed by atoms with E-state index in [4.69, 9.17) is 36.9 Å². The fourth-order valence-electron chi connectivity index (χ4n) is 1.90. The molecule has 0 bridgehead atoms. The van der Waals surface area contributed by atoms with Gasteiger partial charge < -0.3 is 42.2 Å². The van der Waals surface area contributed by atoms with E-state index in [-0.39, 0.29) is 6.61 Å². The first-order chi connectivity index (χ1) is 11.9. The largest absolute Gasteiger partial charge is 0.495 e. The third-order valence-corrected chi connectivity index (χ3v) is 3.00. The maximum absolute atomic E-state index is 8.89. The zero-order chi connectivity index (χ0) is 18.8. The third kappa shape index (κ3) is 7.06. The van der Waals surface area contributed by atoms with Crippen molar-refractivity contribution >= 4 is 22.7 Å². The van der Waals surface area contributed by atoms with Gasteiger partial charge in [0.15, 0.2) is 6.29 Å². The van der Waals surface area contributed by atoms with E-state index in [9.17, 15) is 0 Å².